The Balaban J connectivity index is 1.65. The van der Waals surface area contributed by atoms with Crippen molar-refractivity contribution in [3.8, 4) is 5.75 Å². The predicted molar refractivity (Wildman–Crippen MR) is 84.9 cm³/mol. The Morgan fingerprint density at radius 1 is 1.45 bits per heavy atom. The van der Waals surface area contributed by atoms with Gasteiger partial charge in [0.05, 0.1) is 17.8 Å². The average molecular weight is 314 g/mol. The molecule has 4 N–H and O–H groups in total. The van der Waals surface area contributed by atoms with Gasteiger partial charge in [-0.05, 0) is 12.1 Å². The number of rotatable bonds is 1. The van der Waals surface area contributed by atoms with Crippen molar-refractivity contribution in [3.63, 3.8) is 0 Å². The molecule has 3 heterocycles. The maximum Gasteiger partial charge on any atom is 0.270 e. The molecule has 0 fully saturated rings. The van der Waals surface area contributed by atoms with Crippen molar-refractivity contribution in [2.45, 2.75) is 13.0 Å². The van der Waals surface area contributed by atoms with Gasteiger partial charge >= 0.3 is 0 Å². The van der Waals surface area contributed by atoms with E-state index in [1.54, 1.807) is 23.1 Å². The third-order valence-corrected chi connectivity index (χ3v) is 4.81. The second-order valence-corrected chi connectivity index (χ2v) is 6.44. The Morgan fingerprint density at radius 2 is 2.32 bits per heavy atom. The fraction of sp³-hybridized carbons (Fsp3) is 0.200. The van der Waals surface area contributed by atoms with Gasteiger partial charge in [-0.15, -0.1) is 11.3 Å². The molecular weight excluding hydrogens is 300 g/mol. The number of nitrogens with two attached hydrogens (primary N) is 1. The van der Waals surface area contributed by atoms with Gasteiger partial charge in [-0.1, -0.05) is 12.1 Å². The molecule has 1 aliphatic heterocycles. The van der Waals surface area contributed by atoms with Gasteiger partial charge in [0.1, 0.15) is 11.4 Å². The first-order valence-electron chi connectivity index (χ1n) is 6.96. The number of hydrogen-bond donors (Lipinski definition) is 3. The van der Waals surface area contributed by atoms with Gasteiger partial charge in [0.2, 0.25) is 0 Å². The van der Waals surface area contributed by atoms with E-state index in [9.17, 15) is 9.90 Å². The molecule has 4 rings (SSSR count). The number of fused-ring (bicyclic) bond motifs is 2. The lowest BCUT2D eigenvalue weighted by Crippen LogP contribution is -2.35. The molecule has 112 valence electrons. The van der Waals surface area contributed by atoms with Crippen LogP contribution in [0.2, 0.25) is 0 Å². The zero-order valence-corrected chi connectivity index (χ0v) is 12.5. The molecule has 0 spiro atoms. The highest BCUT2D eigenvalue weighted by molar-refractivity contribution is 7.15. The van der Waals surface area contributed by atoms with Crippen LogP contribution in [0.1, 0.15) is 21.1 Å². The van der Waals surface area contributed by atoms with Crippen LogP contribution in [-0.4, -0.2) is 32.4 Å². The largest absolute Gasteiger partial charge is 0.506 e. The minimum atomic E-state index is -0.0757. The average Bonchev–Trinajstić information content (AvgIpc) is 3.08. The normalized spacial score (nSPS) is 14.3. The van der Waals surface area contributed by atoms with Crippen molar-refractivity contribution in [2.24, 2.45) is 0 Å². The SMILES string of the molecule is Nc1nc2c(s1)CN(C(=O)c1cc3cccc(O)c3[nH]1)CC2. The van der Waals surface area contributed by atoms with Crippen LogP contribution in [-0.2, 0) is 13.0 Å². The van der Waals surface area contributed by atoms with E-state index in [1.165, 1.54) is 11.3 Å². The van der Waals surface area contributed by atoms with Crippen LogP contribution < -0.4 is 5.73 Å². The van der Waals surface area contributed by atoms with Crippen molar-refractivity contribution < 1.29 is 9.90 Å². The van der Waals surface area contributed by atoms with Gasteiger partial charge in [-0.25, -0.2) is 4.98 Å². The van der Waals surface area contributed by atoms with Crippen LogP contribution in [0.4, 0.5) is 5.13 Å². The molecule has 0 unspecified atom stereocenters. The van der Waals surface area contributed by atoms with Crippen LogP contribution in [0.15, 0.2) is 24.3 Å². The number of nitrogens with zero attached hydrogens (tertiary/aromatic N) is 2. The molecule has 0 atom stereocenters. The van der Waals surface area contributed by atoms with Crippen molar-refractivity contribution in [1.29, 1.82) is 0 Å². The Bertz CT molecular complexity index is 883. The van der Waals surface area contributed by atoms with Gasteiger partial charge in [-0.2, -0.15) is 0 Å². The number of amides is 1. The number of aromatic amines is 1. The summed E-state index contributed by atoms with van der Waals surface area (Å²) in [7, 11) is 0. The summed E-state index contributed by atoms with van der Waals surface area (Å²) in [5.41, 5.74) is 7.80. The number of nitrogens with one attached hydrogen (secondary N) is 1. The highest BCUT2D eigenvalue weighted by Gasteiger charge is 2.25. The number of phenols is 1. The summed E-state index contributed by atoms with van der Waals surface area (Å²) in [6, 6.07) is 6.99. The summed E-state index contributed by atoms with van der Waals surface area (Å²) in [4.78, 5) is 22.8. The van der Waals surface area contributed by atoms with Gasteiger partial charge in [0.15, 0.2) is 5.13 Å². The van der Waals surface area contributed by atoms with Crippen molar-refractivity contribution in [2.75, 3.05) is 12.3 Å². The number of hydrogen-bond acceptors (Lipinski definition) is 5. The summed E-state index contributed by atoms with van der Waals surface area (Å²) in [6.45, 7) is 1.15. The lowest BCUT2D eigenvalue weighted by Gasteiger charge is -2.25. The molecule has 0 saturated heterocycles. The van der Waals surface area contributed by atoms with E-state index in [-0.39, 0.29) is 11.7 Å². The number of benzene rings is 1. The Hall–Kier alpha value is -2.54. The zero-order valence-electron chi connectivity index (χ0n) is 11.7. The minimum Gasteiger partial charge on any atom is -0.506 e. The van der Waals surface area contributed by atoms with Crippen LogP contribution in [0.5, 0.6) is 5.75 Å². The number of carbonyl (C=O) groups is 1. The van der Waals surface area contributed by atoms with E-state index < -0.39 is 0 Å². The molecule has 7 heteroatoms. The first-order valence-corrected chi connectivity index (χ1v) is 7.77. The van der Waals surface area contributed by atoms with Crippen molar-refractivity contribution in [3.05, 3.63) is 40.5 Å². The quantitative estimate of drug-likeness (QED) is 0.641. The summed E-state index contributed by atoms with van der Waals surface area (Å²) < 4.78 is 0. The van der Waals surface area contributed by atoms with Crippen LogP contribution in [0.3, 0.4) is 0 Å². The van der Waals surface area contributed by atoms with E-state index in [4.69, 9.17) is 5.73 Å². The van der Waals surface area contributed by atoms with Crippen LogP contribution >= 0.6 is 11.3 Å². The lowest BCUT2D eigenvalue weighted by atomic mass is 10.1. The second kappa shape index (κ2) is 4.74. The topological polar surface area (TPSA) is 95.2 Å². The molecule has 2 aromatic heterocycles. The number of nitrogen functional groups attached to an aromatic ring is 1. The minimum absolute atomic E-state index is 0.0757. The third-order valence-electron chi connectivity index (χ3n) is 3.90. The van der Waals surface area contributed by atoms with E-state index in [1.807, 2.05) is 6.07 Å². The number of phenolic OH excluding ortho intramolecular Hbond substituents is 1. The number of thiazole rings is 1. The number of anilines is 1. The Labute approximate surface area is 130 Å². The Morgan fingerprint density at radius 3 is 3.14 bits per heavy atom. The summed E-state index contributed by atoms with van der Waals surface area (Å²) in [6.07, 6.45) is 0.722. The molecule has 1 amide bonds. The fourth-order valence-corrected chi connectivity index (χ4v) is 3.71. The Kier molecular flexibility index (Phi) is 2.83. The molecule has 3 aromatic rings. The first-order chi connectivity index (χ1) is 10.6. The molecule has 0 radical (unpaired) electrons. The first kappa shape index (κ1) is 13.1. The summed E-state index contributed by atoms with van der Waals surface area (Å²) in [5, 5.41) is 11.2. The zero-order chi connectivity index (χ0) is 15.3. The fourth-order valence-electron chi connectivity index (χ4n) is 2.81. The van der Waals surface area contributed by atoms with E-state index in [0.29, 0.717) is 29.4 Å². The smallest absolute Gasteiger partial charge is 0.270 e. The third kappa shape index (κ3) is 2.01. The number of aromatic hydroxyl groups is 1. The molecule has 0 bridgehead atoms. The van der Waals surface area contributed by atoms with Gasteiger partial charge < -0.3 is 20.7 Å². The van der Waals surface area contributed by atoms with Crippen LogP contribution in [0, 0.1) is 0 Å². The van der Waals surface area contributed by atoms with E-state index in [2.05, 4.69) is 9.97 Å². The van der Waals surface area contributed by atoms with Gasteiger partial charge in [0, 0.05) is 23.2 Å². The highest BCUT2D eigenvalue weighted by Crippen LogP contribution is 2.29. The van der Waals surface area contributed by atoms with Gasteiger partial charge in [0.25, 0.3) is 5.91 Å². The van der Waals surface area contributed by atoms with Gasteiger partial charge in [-0.3, -0.25) is 4.79 Å². The number of carbonyl (C=O) groups excluding carboxylic acids is 1. The lowest BCUT2D eigenvalue weighted by molar-refractivity contribution is 0.0731. The highest BCUT2D eigenvalue weighted by atomic mass is 32.1. The molecule has 0 aliphatic carbocycles. The molecule has 1 aliphatic rings. The molecular formula is C15H14N4O2S. The molecule has 6 nitrogen and oxygen atoms in total. The van der Waals surface area contributed by atoms with E-state index >= 15 is 0 Å². The maximum absolute atomic E-state index is 12.7. The monoisotopic (exact) mass is 314 g/mol. The van der Waals surface area contributed by atoms with Crippen molar-refractivity contribution >= 4 is 33.3 Å². The number of para-hydroxylation sites is 1. The summed E-state index contributed by atoms with van der Waals surface area (Å²) >= 11 is 1.44. The molecule has 22 heavy (non-hydrogen) atoms. The van der Waals surface area contributed by atoms with Crippen LogP contribution in [0.25, 0.3) is 10.9 Å². The standard InChI is InChI=1S/C15H14N4O2S/c16-15-18-9-4-5-19(7-12(9)22-15)14(21)10-6-8-2-1-3-11(20)13(8)17-10/h1-3,6,17,20H,4-5,7H2,(H2,16,18). The molecule has 0 saturated carbocycles. The maximum atomic E-state index is 12.7. The summed E-state index contributed by atoms with van der Waals surface area (Å²) in [5.74, 6) is 0.0703. The molecule has 1 aromatic carbocycles. The second-order valence-electron chi connectivity index (χ2n) is 5.32. The number of aromatic nitrogens is 2. The number of H-pyrrole nitrogens is 1. The van der Waals surface area contributed by atoms with Crippen molar-refractivity contribution in [1.82, 2.24) is 14.9 Å². The predicted octanol–water partition coefficient (Wildman–Crippen LogP) is 2.11. The van der Waals surface area contributed by atoms with E-state index in [0.717, 1.165) is 22.4 Å².